The van der Waals surface area contributed by atoms with E-state index in [1.165, 1.54) is 24.1 Å². The molecule has 156 valence electrons. The molecule has 0 spiro atoms. The van der Waals surface area contributed by atoms with Crippen LogP contribution in [0, 0.1) is 0 Å². The Labute approximate surface area is 176 Å². The monoisotopic (exact) mass is 406 g/mol. The van der Waals surface area contributed by atoms with E-state index in [4.69, 9.17) is 14.6 Å². The Bertz CT molecular complexity index is 1000. The number of ether oxygens (including phenoxy) is 2. The van der Waals surface area contributed by atoms with Crippen LogP contribution in [-0.4, -0.2) is 40.9 Å². The number of benzene rings is 1. The molecule has 2 aromatic heterocycles. The fourth-order valence-corrected chi connectivity index (χ4v) is 3.76. The first-order valence-electron chi connectivity index (χ1n) is 10.3. The highest BCUT2D eigenvalue weighted by Crippen LogP contribution is 2.30. The highest BCUT2D eigenvalue weighted by molar-refractivity contribution is 5.77. The minimum Gasteiger partial charge on any atom is -0.497 e. The summed E-state index contributed by atoms with van der Waals surface area (Å²) in [6.45, 7) is 1.08. The third-order valence-electron chi connectivity index (χ3n) is 5.22. The highest BCUT2D eigenvalue weighted by atomic mass is 16.5. The molecule has 1 aliphatic rings. The average Bonchev–Trinajstić information content (AvgIpc) is 3.17. The Morgan fingerprint density at radius 1 is 1.13 bits per heavy atom. The first-order valence-corrected chi connectivity index (χ1v) is 10.3. The molecule has 0 saturated heterocycles. The summed E-state index contributed by atoms with van der Waals surface area (Å²) in [4.78, 5) is 16.6. The molecule has 1 N–H and O–H groups in total. The minimum absolute atomic E-state index is 0.0381. The number of amides is 1. The van der Waals surface area contributed by atoms with Gasteiger partial charge in [-0.25, -0.2) is 0 Å². The number of carbonyl (C=O) groups is 1. The van der Waals surface area contributed by atoms with Gasteiger partial charge in [0.25, 0.3) is 5.91 Å². The number of hydrogen-bond donors (Lipinski definition) is 1. The first-order chi connectivity index (χ1) is 14.7. The van der Waals surface area contributed by atoms with Crippen LogP contribution >= 0.6 is 0 Å². The lowest BCUT2D eigenvalue weighted by atomic mass is 9.95. The second kappa shape index (κ2) is 9.43. The predicted molar refractivity (Wildman–Crippen MR) is 114 cm³/mol. The van der Waals surface area contributed by atoms with Gasteiger partial charge in [-0.3, -0.25) is 14.5 Å². The molecule has 1 aromatic carbocycles. The van der Waals surface area contributed by atoms with Crippen molar-refractivity contribution in [3.63, 3.8) is 0 Å². The summed E-state index contributed by atoms with van der Waals surface area (Å²) in [7, 11) is 1.60. The van der Waals surface area contributed by atoms with Crippen LogP contribution in [0.5, 0.6) is 11.5 Å². The maximum absolute atomic E-state index is 12.2. The number of pyridine rings is 1. The zero-order chi connectivity index (χ0) is 20.8. The van der Waals surface area contributed by atoms with E-state index in [-0.39, 0.29) is 12.5 Å². The topological polar surface area (TPSA) is 78.3 Å². The third-order valence-corrected chi connectivity index (χ3v) is 5.22. The summed E-state index contributed by atoms with van der Waals surface area (Å²) in [6, 6.07) is 13.1. The van der Waals surface area contributed by atoms with Crippen molar-refractivity contribution < 1.29 is 14.3 Å². The number of carbonyl (C=O) groups excluding carboxylic acids is 1. The van der Waals surface area contributed by atoms with Gasteiger partial charge in [0, 0.05) is 30.1 Å². The molecule has 0 bridgehead atoms. The molecular weight excluding hydrogens is 380 g/mol. The maximum atomic E-state index is 12.2. The molecule has 1 amide bonds. The van der Waals surface area contributed by atoms with Gasteiger partial charge in [0.15, 0.2) is 6.61 Å². The number of hydrogen-bond acceptors (Lipinski definition) is 5. The van der Waals surface area contributed by atoms with E-state index in [0.29, 0.717) is 24.6 Å². The summed E-state index contributed by atoms with van der Waals surface area (Å²) < 4.78 is 12.7. The lowest BCUT2D eigenvalue weighted by Gasteiger charge is -2.14. The minimum atomic E-state index is -0.163. The second-order valence-electron chi connectivity index (χ2n) is 7.24. The molecule has 1 aliphatic carbocycles. The van der Waals surface area contributed by atoms with Crippen molar-refractivity contribution in [1.82, 2.24) is 20.1 Å². The van der Waals surface area contributed by atoms with Gasteiger partial charge in [-0.1, -0.05) is 12.1 Å². The summed E-state index contributed by atoms with van der Waals surface area (Å²) in [5.41, 5.74) is 4.44. The van der Waals surface area contributed by atoms with Gasteiger partial charge in [0.05, 0.1) is 19.3 Å². The highest BCUT2D eigenvalue weighted by Gasteiger charge is 2.22. The number of methoxy groups -OCH3 is 1. The third kappa shape index (κ3) is 4.62. The molecule has 30 heavy (non-hydrogen) atoms. The lowest BCUT2D eigenvalue weighted by molar-refractivity contribution is -0.123. The Kier molecular flexibility index (Phi) is 6.27. The Balaban J connectivity index is 1.34. The van der Waals surface area contributed by atoms with Gasteiger partial charge in [-0.15, -0.1) is 0 Å². The van der Waals surface area contributed by atoms with Crippen molar-refractivity contribution in [2.24, 2.45) is 0 Å². The Hall–Kier alpha value is -3.35. The van der Waals surface area contributed by atoms with Gasteiger partial charge >= 0.3 is 0 Å². The zero-order valence-electron chi connectivity index (χ0n) is 17.1. The van der Waals surface area contributed by atoms with Gasteiger partial charge in [0.1, 0.15) is 17.2 Å². The molecule has 0 unspecified atom stereocenters. The van der Waals surface area contributed by atoms with E-state index in [2.05, 4.69) is 10.3 Å². The summed E-state index contributed by atoms with van der Waals surface area (Å²) in [6.07, 6.45) is 6.19. The summed E-state index contributed by atoms with van der Waals surface area (Å²) in [5.74, 6) is 1.13. The van der Waals surface area contributed by atoms with E-state index < -0.39 is 0 Å². The Morgan fingerprint density at radius 2 is 2.00 bits per heavy atom. The van der Waals surface area contributed by atoms with E-state index in [1.54, 1.807) is 25.4 Å². The van der Waals surface area contributed by atoms with Crippen LogP contribution in [0.2, 0.25) is 0 Å². The van der Waals surface area contributed by atoms with Crippen LogP contribution in [0.25, 0.3) is 11.4 Å². The van der Waals surface area contributed by atoms with Crippen LogP contribution in [0.4, 0.5) is 0 Å². The molecule has 0 aliphatic heterocycles. The van der Waals surface area contributed by atoms with Crippen molar-refractivity contribution in [2.45, 2.75) is 32.2 Å². The van der Waals surface area contributed by atoms with Gasteiger partial charge in [0.2, 0.25) is 0 Å². The number of fused-ring (bicyclic) bond motifs is 1. The van der Waals surface area contributed by atoms with Crippen molar-refractivity contribution in [2.75, 3.05) is 20.3 Å². The summed E-state index contributed by atoms with van der Waals surface area (Å²) in [5, 5.41) is 7.74. The van der Waals surface area contributed by atoms with Crippen LogP contribution < -0.4 is 14.8 Å². The fraction of sp³-hybridized carbons (Fsp3) is 0.348. The normalized spacial score (nSPS) is 12.8. The molecule has 0 saturated carbocycles. The molecule has 2 heterocycles. The molecular formula is C23H26N4O3. The van der Waals surface area contributed by atoms with E-state index in [0.717, 1.165) is 24.2 Å². The first kappa shape index (κ1) is 19.9. The van der Waals surface area contributed by atoms with Crippen molar-refractivity contribution >= 4 is 5.91 Å². The zero-order valence-corrected chi connectivity index (χ0v) is 17.1. The van der Waals surface area contributed by atoms with Crippen LogP contribution in [0.15, 0.2) is 48.7 Å². The molecule has 0 fully saturated rings. The molecule has 7 nitrogen and oxygen atoms in total. The average molecular weight is 406 g/mol. The fourth-order valence-electron chi connectivity index (χ4n) is 3.76. The van der Waals surface area contributed by atoms with Gasteiger partial charge < -0.3 is 14.8 Å². The van der Waals surface area contributed by atoms with Crippen molar-refractivity contribution in [3.05, 3.63) is 59.9 Å². The van der Waals surface area contributed by atoms with Gasteiger partial charge in [-0.2, -0.15) is 5.10 Å². The standard InChI is InChI=1S/C23H26N4O3/c1-29-17-7-6-8-18(15-17)30-16-22(28)25-13-14-27-21-11-3-2-9-19(21)23(26-27)20-10-4-5-12-24-20/h4-8,10,12,15H,2-3,9,11,13-14,16H2,1H3,(H,25,28). The van der Waals surface area contributed by atoms with E-state index in [9.17, 15) is 4.79 Å². The molecule has 4 rings (SSSR count). The van der Waals surface area contributed by atoms with Crippen LogP contribution in [-0.2, 0) is 24.2 Å². The molecule has 0 radical (unpaired) electrons. The number of nitrogens with one attached hydrogen (secondary N) is 1. The van der Waals surface area contributed by atoms with E-state index in [1.807, 2.05) is 35.0 Å². The van der Waals surface area contributed by atoms with E-state index >= 15 is 0 Å². The van der Waals surface area contributed by atoms with Crippen LogP contribution in [0.1, 0.15) is 24.1 Å². The largest absolute Gasteiger partial charge is 0.497 e. The van der Waals surface area contributed by atoms with Crippen LogP contribution in [0.3, 0.4) is 0 Å². The molecule has 3 aromatic rings. The SMILES string of the molecule is COc1cccc(OCC(=O)NCCn2nc(-c3ccccn3)c3c2CCCC3)c1. The molecule has 7 heteroatoms. The number of aromatic nitrogens is 3. The second-order valence-corrected chi connectivity index (χ2v) is 7.24. The number of rotatable bonds is 8. The number of nitrogens with zero attached hydrogens (tertiary/aromatic N) is 3. The van der Waals surface area contributed by atoms with Crippen molar-refractivity contribution in [1.29, 1.82) is 0 Å². The summed E-state index contributed by atoms with van der Waals surface area (Å²) >= 11 is 0. The van der Waals surface area contributed by atoms with Gasteiger partial charge in [-0.05, 0) is 49.9 Å². The molecule has 0 atom stereocenters. The maximum Gasteiger partial charge on any atom is 0.258 e. The Morgan fingerprint density at radius 3 is 2.83 bits per heavy atom. The van der Waals surface area contributed by atoms with Crippen molar-refractivity contribution in [3.8, 4) is 22.9 Å². The predicted octanol–water partition coefficient (Wildman–Crippen LogP) is 3.03. The lowest BCUT2D eigenvalue weighted by Crippen LogP contribution is -2.32. The quantitative estimate of drug-likeness (QED) is 0.622. The smallest absolute Gasteiger partial charge is 0.258 e.